The number of allylic oxidation sites excluding steroid dienone is 4. The molecule has 10 nitrogen and oxygen atoms in total. The monoisotopic (exact) mass is 619 g/mol. The molecule has 2 aliphatic heterocycles. The number of hydrogen-bond acceptors (Lipinski definition) is 10. The fraction of sp³-hybridized carbons (Fsp3) is 0.788. The van der Waals surface area contributed by atoms with Crippen LogP contribution < -0.4 is 0 Å². The molecule has 0 amide bonds. The van der Waals surface area contributed by atoms with E-state index >= 15 is 0 Å². The summed E-state index contributed by atoms with van der Waals surface area (Å²) in [6, 6.07) is 0. The zero-order valence-corrected chi connectivity index (χ0v) is 27.6. The SMILES string of the molecule is CCC/C=C(/C=O)CC.CCC/C=C(\CC)C1OCC(CO)O1.CCC/C=C(\CC)C1OCC(O)CO1.OCC(O)CO.[H+]. The highest BCUT2D eigenvalue weighted by atomic mass is 16.7. The molecule has 0 aromatic rings. The number of carbonyl (C=O) groups excluding carboxylic acids is 1. The average molecular weight is 620 g/mol. The van der Waals surface area contributed by atoms with E-state index in [1.165, 1.54) is 11.1 Å². The first kappa shape index (κ1) is 43.7. The lowest BCUT2D eigenvalue weighted by Gasteiger charge is -2.28. The summed E-state index contributed by atoms with van der Waals surface area (Å²) in [7, 11) is 0. The van der Waals surface area contributed by atoms with Gasteiger partial charge in [0.2, 0.25) is 0 Å². The maximum atomic E-state index is 10.2. The van der Waals surface area contributed by atoms with Gasteiger partial charge in [0.1, 0.15) is 24.6 Å². The molecule has 10 heteroatoms. The Bertz CT molecular complexity index is 710. The van der Waals surface area contributed by atoms with Crippen LogP contribution in [0.4, 0.5) is 0 Å². The summed E-state index contributed by atoms with van der Waals surface area (Å²) in [4.78, 5) is 10.2. The van der Waals surface area contributed by atoms with Gasteiger partial charge in [0, 0.05) is 0 Å². The summed E-state index contributed by atoms with van der Waals surface area (Å²) >= 11 is 0. The Labute approximate surface area is 261 Å². The van der Waals surface area contributed by atoms with E-state index in [0.29, 0.717) is 19.8 Å². The lowest BCUT2D eigenvalue weighted by molar-refractivity contribution is -0.199. The fourth-order valence-corrected chi connectivity index (χ4v) is 3.58. The van der Waals surface area contributed by atoms with Crippen LogP contribution in [0.15, 0.2) is 34.9 Å². The zero-order chi connectivity index (χ0) is 32.9. The number of ether oxygens (including phenoxy) is 4. The van der Waals surface area contributed by atoms with Gasteiger partial charge in [-0.2, -0.15) is 0 Å². The number of aldehydes is 1. The molecule has 0 radical (unpaired) electrons. The molecular weight excluding hydrogens is 556 g/mol. The Kier molecular flexibility index (Phi) is 31.0. The van der Waals surface area contributed by atoms with Crippen LogP contribution in [0.5, 0.6) is 0 Å². The van der Waals surface area contributed by atoms with Crippen molar-refractivity contribution in [3.8, 4) is 0 Å². The summed E-state index contributed by atoms with van der Waals surface area (Å²) in [5.74, 6) is 0. The van der Waals surface area contributed by atoms with Crippen molar-refractivity contribution in [1.82, 2.24) is 0 Å². The first-order valence-electron chi connectivity index (χ1n) is 16.0. The number of hydrogen-bond donors (Lipinski definition) is 5. The first-order valence-corrected chi connectivity index (χ1v) is 16.0. The van der Waals surface area contributed by atoms with Crippen molar-refractivity contribution in [2.45, 2.75) is 130 Å². The lowest BCUT2D eigenvalue weighted by atomic mass is 10.1. The van der Waals surface area contributed by atoms with Crippen LogP contribution in [0.25, 0.3) is 0 Å². The van der Waals surface area contributed by atoms with Gasteiger partial charge < -0.3 is 44.5 Å². The van der Waals surface area contributed by atoms with Gasteiger partial charge in [-0.3, -0.25) is 4.79 Å². The van der Waals surface area contributed by atoms with Crippen LogP contribution in [0.1, 0.15) is 101 Å². The van der Waals surface area contributed by atoms with E-state index in [4.69, 9.17) is 39.4 Å². The van der Waals surface area contributed by atoms with E-state index < -0.39 is 12.2 Å². The van der Waals surface area contributed by atoms with Gasteiger partial charge in [-0.05, 0) is 55.2 Å². The van der Waals surface area contributed by atoms with E-state index in [9.17, 15) is 9.90 Å². The van der Waals surface area contributed by atoms with E-state index in [0.717, 1.165) is 69.6 Å². The molecular formula is C33H63O10+. The second kappa shape index (κ2) is 30.6. The Morgan fingerprint density at radius 2 is 1.21 bits per heavy atom. The Morgan fingerprint density at radius 3 is 1.56 bits per heavy atom. The summed E-state index contributed by atoms with van der Waals surface area (Å²) in [6.45, 7) is 13.2. The average Bonchev–Trinajstić information content (AvgIpc) is 3.53. The molecule has 5 N–H and O–H groups in total. The molecule has 254 valence electrons. The molecule has 2 saturated heterocycles. The highest BCUT2D eigenvalue weighted by Gasteiger charge is 2.27. The summed E-state index contributed by atoms with van der Waals surface area (Å²) in [6.07, 6.45) is 14.6. The molecule has 2 atom stereocenters. The largest absolute Gasteiger partial charge is 1.00 e. The lowest BCUT2D eigenvalue weighted by Crippen LogP contribution is -2.36. The van der Waals surface area contributed by atoms with Crippen molar-refractivity contribution in [3.05, 3.63) is 34.9 Å². The van der Waals surface area contributed by atoms with E-state index in [1.807, 2.05) is 13.0 Å². The molecule has 0 aliphatic carbocycles. The molecule has 0 aromatic carbocycles. The van der Waals surface area contributed by atoms with Crippen molar-refractivity contribution in [2.75, 3.05) is 39.6 Å². The predicted molar refractivity (Wildman–Crippen MR) is 171 cm³/mol. The second-order valence-corrected chi connectivity index (χ2v) is 10.2. The molecule has 0 bridgehead atoms. The van der Waals surface area contributed by atoms with Crippen LogP contribution >= 0.6 is 0 Å². The van der Waals surface area contributed by atoms with E-state index in [1.54, 1.807) is 0 Å². The van der Waals surface area contributed by atoms with Gasteiger partial charge in [0.05, 0.1) is 39.6 Å². The zero-order valence-electron chi connectivity index (χ0n) is 28.6. The number of aliphatic hydroxyl groups excluding tert-OH is 5. The molecule has 2 rings (SSSR count). The van der Waals surface area contributed by atoms with Crippen molar-refractivity contribution in [2.24, 2.45) is 0 Å². The summed E-state index contributed by atoms with van der Waals surface area (Å²) in [5.41, 5.74) is 3.32. The number of rotatable bonds is 15. The molecule has 2 heterocycles. The van der Waals surface area contributed by atoms with Crippen molar-refractivity contribution >= 4 is 6.29 Å². The quantitative estimate of drug-likeness (QED) is 0.101. The molecule has 2 fully saturated rings. The van der Waals surface area contributed by atoms with Gasteiger partial charge in [-0.1, -0.05) is 79.0 Å². The normalized spacial score (nSPS) is 22.6. The molecule has 43 heavy (non-hydrogen) atoms. The topological polar surface area (TPSA) is 155 Å². The molecule has 2 aliphatic rings. The first-order chi connectivity index (χ1) is 20.7. The van der Waals surface area contributed by atoms with Crippen LogP contribution in [-0.4, -0.2) is 102 Å². The smallest absolute Gasteiger partial charge is 0.394 e. The third-order valence-electron chi connectivity index (χ3n) is 6.32. The van der Waals surface area contributed by atoms with Crippen LogP contribution in [0.2, 0.25) is 0 Å². The minimum absolute atomic E-state index is 0. The minimum atomic E-state index is -0.954. The highest BCUT2D eigenvalue weighted by molar-refractivity contribution is 5.72. The fourth-order valence-electron chi connectivity index (χ4n) is 3.58. The van der Waals surface area contributed by atoms with Gasteiger partial charge >= 0.3 is 1.43 Å². The van der Waals surface area contributed by atoms with E-state index in [2.05, 4.69) is 46.8 Å². The molecule has 0 aromatic heterocycles. The third-order valence-corrected chi connectivity index (χ3v) is 6.32. The van der Waals surface area contributed by atoms with Gasteiger partial charge in [0.25, 0.3) is 0 Å². The van der Waals surface area contributed by atoms with Crippen LogP contribution in [-0.2, 0) is 23.7 Å². The Balaban J connectivity index is -0.000000530. The molecule has 0 spiro atoms. The van der Waals surface area contributed by atoms with Crippen molar-refractivity contribution < 1.29 is 50.7 Å². The highest BCUT2D eigenvalue weighted by Crippen LogP contribution is 2.21. The standard InChI is InChI=1S/2C11H20O3.C8H14O.C3H8O3/c1-3-5-6-9(4-2)11-13-7-10(12)8-14-11;1-3-5-6-9(4-2)11-13-8-10(7-12)14-11;1-3-5-6-8(4-2)7-9;4-1-3(6)2-5/h2*6,10-12H,3-5,7-8H2,1-2H3;6-7H,3-5H2,1-2H3;3-6H,1-2H2/p+1/b2*9-6+;8-6+;. The molecule has 2 unspecified atom stereocenters. The Morgan fingerprint density at radius 1 is 0.744 bits per heavy atom. The third kappa shape index (κ3) is 22.7. The second-order valence-electron chi connectivity index (χ2n) is 10.2. The maximum absolute atomic E-state index is 10.2. The molecule has 0 saturated carbocycles. The van der Waals surface area contributed by atoms with Crippen LogP contribution in [0.3, 0.4) is 0 Å². The van der Waals surface area contributed by atoms with Crippen LogP contribution in [0, 0.1) is 0 Å². The van der Waals surface area contributed by atoms with E-state index in [-0.39, 0.29) is 39.9 Å². The van der Waals surface area contributed by atoms with Crippen molar-refractivity contribution in [1.29, 1.82) is 0 Å². The Hall–Kier alpha value is -1.47. The number of aliphatic hydroxyl groups is 5. The number of carbonyl (C=O) groups is 1. The maximum Gasteiger partial charge on any atom is 1.00 e. The summed E-state index contributed by atoms with van der Waals surface area (Å²) in [5, 5.41) is 42.1. The van der Waals surface area contributed by atoms with Gasteiger partial charge in [-0.25, -0.2) is 0 Å². The predicted octanol–water partition coefficient (Wildman–Crippen LogP) is 4.48. The van der Waals surface area contributed by atoms with Gasteiger partial charge in [-0.15, -0.1) is 0 Å². The van der Waals surface area contributed by atoms with Crippen molar-refractivity contribution in [3.63, 3.8) is 0 Å². The minimum Gasteiger partial charge on any atom is -0.394 e. The number of unbranched alkanes of at least 4 members (excludes halogenated alkanes) is 3. The summed E-state index contributed by atoms with van der Waals surface area (Å²) < 4.78 is 21.8. The van der Waals surface area contributed by atoms with Gasteiger partial charge in [0.15, 0.2) is 12.6 Å².